The second-order valence-electron chi connectivity index (χ2n) is 5.46. The van der Waals surface area contributed by atoms with Gasteiger partial charge in [0.1, 0.15) is 11.5 Å². The Morgan fingerprint density at radius 1 is 1.28 bits per heavy atom. The third-order valence-corrected chi connectivity index (χ3v) is 3.70. The van der Waals surface area contributed by atoms with Crippen molar-refractivity contribution in [2.45, 2.75) is 33.4 Å². The van der Waals surface area contributed by atoms with Gasteiger partial charge in [0.15, 0.2) is 6.10 Å². The minimum Gasteiger partial charge on any atom is -0.467 e. The summed E-state index contributed by atoms with van der Waals surface area (Å²) >= 11 is 0. The summed E-state index contributed by atoms with van der Waals surface area (Å²) in [6.07, 6.45) is 0.493. The summed E-state index contributed by atoms with van der Waals surface area (Å²) in [4.78, 5) is 38.8. The molecule has 0 aliphatic heterocycles. The molecule has 0 saturated carbocycles. The van der Waals surface area contributed by atoms with E-state index in [-0.39, 0.29) is 17.8 Å². The van der Waals surface area contributed by atoms with Gasteiger partial charge in [-0.25, -0.2) is 9.59 Å². The van der Waals surface area contributed by atoms with Crippen molar-refractivity contribution in [1.29, 1.82) is 0 Å². The topological polar surface area (TPSA) is 111 Å². The van der Waals surface area contributed by atoms with Crippen LogP contribution in [0.2, 0.25) is 0 Å². The highest BCUT2D eigenvalue weighted by Crippen LogP contribution is 2.20. The maximum absolute atomic E-state index is 12.3. The fourth-order valence-corrected chi connectivity index (χ4v) is 2.37. The molecule has 2 heterocycles. The first-order chi connectivity index (χ1) is 11.8. The van der Waals surface area contributed by atoms with Gasteiger partial charge in [-0.05, 0) is 38.5 Å². The van der Waals surface area contributed by atoms with Crippen LogP contribution in [0.15, 0.2) is 22.8 Å². The molecule has 8 heteroatoms. The lowest BCUT2D eigenvalue weighted by molar-refractivity contribution is -0.129. The molecule has 0 aromatic carbocycles. The number of nitrogens with one attached hydrogen (secondary N) is 2. The van der Waals surface area contributed by atoms with Gasteiger partial charge in [-0.2, -0.15) is 0 Å². The van der Waals surface area contributed by atoms with Crippen LogP contribution < -0.4 is 5.32 Å². The number of methoxy groups -OCH3 is 1. The van der Waals surface area contributed by atoms with Gasteiger partial charge in [-0.1, -0.05) is 0 Å². The molecule has 25 heavy (non-hydrogen) atoms. The van der Waals surface area contributed by atoms with Crippen molar-refractivity contribution in [1.82, 2.24) is 10.3 Å². The molecule has 0 spiro atoms. The monoisotopic (exact) mass is 348 g/mol. The van der Waals surface area contributed by atoms with Crippen LogP contribution in [0.1, 0.15) is 44.8 Å². The van der Waals surface area contributed by atoms with Crippen LogP contribution in [0, 0.1) is 13.8 Å². The third kappa shape index (κ3) is 4.09. The highest BCUT2D eigenvalue weighted by molar-refractivity contribution is 5.99. The third-order valence-electron chi connectivity index (χ3n) is 3.70. The van der Waals surface area contributed by atoms with E-state index in [9.17, 15) is 14.4 Å². The summed E-state index contributed by atoms with van der Waals surface area (Å²) in [6, 6.07) is 3.43. The molecule has 0 fully saturated rings. The van der Waals surface area contributed by atoms with E-state index in [1.807, 2.05) is 0 Å². The Hall–Kier alpha value is -3.03. The largest absolute Gasteiger partial charge is 0.467 e. The van der Waals surface area contributed by atoms with E-state index in [1.165, 1.54) is 20.3 Å². The van der Waals surface area contributed by atoms with Gasteiger partial charge in [0.05, 0.1) is 25.5 Å². The van der Waals surface area contributed by atoms with Crippen molar-refractivity contribution in [3.8, 4) is 0 Å². The van der Waals surface area contributed by atoms with Gasteiger partial charge in [-0.3, -0.25) is 4.79 Å². The van der Waals surface area contributed by atoms with Crippen molar-refractivity contribution in [3.05, 3.63) is 46.7 Å². The zero-order valence-corrected chi connectivity index (χ0v) is 14.5. The van der Waals surface area contributed by atoms with Gasteiger partial charge < -0.3 is 24.2 Å². The van der Waals surface area contributed by atoms with Gasteiger partial charge in [0.2, 0.25) is 0 Å². The molecular weight excluding hydrogens is 328 g/mol. The number of carbonyl (C=O) groups excluding carboxylic acids is 3. The second-order valence-corrected chi connectivity index (χ2v) is 5.46. The number of ether oxygens (including phenoxy) is 2. The molecule has 1 amide bonds. The summed E-state index contributed by atoms with van der Waals surface area (Å²) in [6.45, 7) is 4.91. The van der Waals surface area contributed by atoms with E-state index in [0.29, 0.717) is 17.0 Å². The zero-order chi connectivity index (χ0) is 18.6. The van der Waals surface area contributed by atoms with Crippen molar-refractivity contribution >= 4 is 17.8 Å². The predicted octanol–water partition coefficient (Wildman–Crippen LogP) is 1.87. The Labute approximate surface area is 144 Å². The summed E-state index contributed by atoms with van der Waals surface area (Å²) < 4.78 is 15.0. The van der Waals surface area contributed by atoms with Crippen LogP contribution >= 0.6 is 0 Å². The number of H-pyrrole nitrogens is 1. The number of esters is 2. The van der Waals surface area contributed by atoms with Crippen molar-refractivity contribution in [2.24, 2.45) is 0 Å². The Bertz CT molecular complexity index is 775. The first-order valence-electron chi connectivity index (χ1n) is 7.63. The van der Waals surface area contributed by atoms with E-state index in [1.54, 1.807) is 26.0 Å². The average molecular weight is 348 g/mol. The van der Waals surface area contributed by atoms with Crippen LogP contribution in [-0.2, 0) is 20.8 Å². The van der Waals surface area contributed by atoms with Crippen LogP contribution in [-0.4, -0.2) is 36.0 Å². The number of hydrogen-bond donors (Lipinski definition) is 2. The molecule has 0 radical (unpaired) electrons. The number of aromatic nitrogens is 1. The summed E-state index contributed by atoms with van der Waals surface area (Å²) in [7, 11) is 1.26. The van der Waals surface area contributed by atoms with E-state index in [0.717, 1.165) is 0 Å². The first kappa shape index (κ1) is 18.3. The summed E-state index contributed by atoms with van der Waals surface area (Å²) in [5.41, 5.74) is 1.30. The van der Waals surface area contributed by atoms with Crippen molar-refractivity contribution in [2.75, 3.05) is 7.11 Å². The molecule has 8 nitrogen and oxygen atoms in total. The number of aromatic amines is 1. The van der Waals surface area contributed by atoms with Crippen LogP contribution in [0.5, 0.6) is 0 Å². The maximum atomic E-state index is 12.3. The summed E-state index contributed by atoms with van der Waals surface area (Å²) in [5, 5.41) is 2.61. The summed E-state index contributed by atoms with van der Waals surface area (Å²) in [5.74, 6) is -1.14. The second kappa shape index (κ2) is 7.69. The number of carbonyl (C=O) groups is 3. The molecule has 0 unspecified atom stereocenters. The fraction of sp³-hybridized carbons (Fsp3) is 0.353. The van der Waals surface area contributed by atoms with Crippen LogP contribution in [0.25, 0.3) is 0 Å². The molecule has 2 aromatic rings. The minimum atomic E-state index is -1.01. The molecule has 0 aliphatic carbocycles. The molecule has 0 saturated heterocycles. The van der Waals surface area contributed by atoms with E-state index in [2.05, 4.69) is 10.3 Å². The quantitative estimate of drug-likeness (QED) is 0.771. The molecule has 1 atom stereocenters. The average Bonchev–Trinajstić information content (AvgIpc) is 3.19. The van der Waals surface area contributed by atoms with E-state index >= 15 is 0 Å². The highest BCUT2D eigenvalue weighted by atomic mass is 16.5. The normalized spacial score (nSPS) is 11.7. The lowest BCUT2D eigenvalue weighted by atomic mass is 10.1. The minimum absolute atomic E-state index is 0.114. The van der Waals surface area contributed by atoms with Gasteiger partial charge in [-0.15, -0.1) is 0 Å². The number of furan rings is 1. The lowest BCUT2D eigenvalue weighted by Crippen LogP contribution is -2.35. The highest BCUT2D eigenvalue weighted by Gasteiger charge is 2.26. The van der Waals surface area contributed by atoms with Gasteiger partial charge in [0, 0.05) is 5.69 Å². The lowest BCUT2D eigenvalue weighted by Gasteiger charge is -2.12. The Morgan fingerprint density at radius 2 is 2.00 bits per heavy atom. The van der Waals surface area contributed by atoms with E-state index < -0.39 is 23.9 Å². The van der Waals surface area contributed by atoms with Gasteiger partial charge in [0.25, 0.3) is 5.91 Å². The fourth-order valence-electron chi connectivity index (χ4n) is 2.37. The number of aryl methyl sites for hydroxylation is 1. The van der Waals surface area contributed by atoms with E-state index in [4.69, 9.17) is 13.9 Å². The van der Waals surface area contributed by atoms with Crippen molar-refractivity contribution in [3.63, 3.8) is 0 Å². The smallest absolute Gasteiger partial charge is 0.355 e. The maximum Gasteiger partial charge on any atom is 0.355 e. The SMILES string of the molecule is COC(=O)c1c(C)[nH]c(C(=O)O[C@@H](C)C(=O)NCc2ccco2)c1C. The van der Waals surface area contributed by atoms with Crippen molar-refractivity contribution < 1.29 is 28.3 Å². The molecule has 134 valence electrons. The first-order valence-corrected chi connectivity index (χ1v) is 7.63. The predicted molar refractivity (Wildman–Crippen MR) is 87.0 cm³/mol. The number of hydrogen-bond acceptors (Lipinski definition) is 6. The molecule has 2 rings (SSSR count). The molecule has 2 aromatic heterocycles. The zero-order valence-electron chi connectivity index (χ0n) is 14.5. The molecule has 2 N–H and O–H groups in total. The molecular formula is C17H20N2O6. The molecule has 0 bridgehead atoms. The Balaban J connectivity index is 2.01. The van der Waals surface area contributed by atoms with Crippen LogP contribution in [0.4, 0.5) is 0 Å². The standard InChI is InChI=1S/C17H20N2O6/c1-9-13(16(21)23-4)10(2)19-14(9)17(22)25-11(3)15(20)18-8-12-6-5-7-24-12/h5-7,11,19H,8H2,1-4H3,(H,18,20)/t11-/m0/s1. The Kier molecular flexibility index (Phi) is 5.63. The van der Waals surface area contributed by atoms with Gasteiger partial charge >= 0.3 is 11.9 Å². The molecule has 0 aliphatic rings. The number of rotatable bonds is 6. The Morgan fingerprint density at radius 3 is 2.60 bits per heavy atom. The number of amides is 1. The van der Waals surface area contributed by atoms with Crippen LogP contribution in [0.3, 0.4) is 0 Å².